The number of hydrogen-bond donors (Lipinski definition) is 1. The largest absolute Gasteiger partial charge is 0.423 e. The number of hydrogen-bond acceptors (Lipinski definition) is 3. The molecule has 0 radical (unpaired) electrons. The molecule has 0 fully saturated rings. The molecule has 142 valence electrons. The number of benzene rings is 2. The molecular weight excluding hydrogens is 366 g/mol. The first kappa shape index (κ1) is 18.7. The van der Waals surface area contributed by atoms with Crippen LogP contribution in [0.2, 0.25) is 0 Å². The Labute approximate surface area is 168 Å². The minimum atomic E-state index is -0.285. The normalized spacial score (nSPS) is 12.4. The van der Waals surface area contributed by atoms with Crippen molar-refractivity contribution < 1.29 is 9.73 Å². The lowest BCUT2D eigenvalue weighted by molar-refractivity contribution is -0.701. The second-order valence-corrected chi connectivity index (χ2v) is 8.10. The van der Waals surface area contributed by atoms with Gasteiger partial charge in [-0.1, -0.05) is 55.0 Å². The maximum absolute atomic E-state index is 12.1. The Balaban J connectivity index is 1.67. The van der Waals surface area contributed by atoms with Crippen molar-refractivity contribution in [3.05, 3.63) is 104 Å². The van der Waals surface area contributed by atoms with Gasteiger partial charge >= 0.3 is 5.63 Å². The highest BCUT2D eigenvalue weighted by Gasteiger charge is 2.19. The van der Waals surface area contributed by atoms with E-state index in [1.807, 2.05) is 6.07 Å². The van der Waals surface area contributed by atoms with Crippen LogP contribution in [0.25, 0.3) is 11.0 Å². The molecule has 0 unspecified atom stereocenters. The van der Waals surface area contributed by atoms with E-state index in [1.54, 1.807) is 17.4 Å². The first-order valence-electron chi connectivity index (χ1n) is 9.63. The van der Waals surface area contributed by atoms with E-state index in [0.717, 1.165) is 17.4 Å². The van der Waals surface area contributed by atoms with Crippen molar-refractivity contribution >= 4 is 22.3 Å². The molecule has 3 nitrogen and oxygen atoms in total. The third kappa shape index (κ3) is 3.93. The second kappa shape index (κ2) is 8.13. The molecule has 0 spiro atoms. The minimum absolute atomic E-state index is 0.206. The molecule has 0 amide bonds. The van der Waals surface area contributed by atoms with Crippen LogP contribution in [0.1, 0.15) is 40.1 Å². The number of quaternary nitrogens is 1. The zero-order chi connectivity index (χ0) is 19.5. The smallest absolute Gasteiger partial charge is 0.336 e. The van der Waals surface area contributed by atoms with Crippen molar-refractivity contribution in [2.45, 2.75) is 32.9 Å². The lowest BCUT2D eigenvalue weighted by atomic mass is 10.0. The average molecular weight is 391 g/mol. The van der Waals surface area contributed by atoms with Gasteiger partial charge in [0.05, 0.1) is 4.88 Å². The van der Waals surface area contributed by atoms with Crippen LogP contribution in [0.4, 0.5) is 0 Å². The number of nitrogens with two attached hydrogens (primary N) is 1. The SMILES string of the molecule is CCc1ccc2c(C[NH2+][C@@H](c3ccc(C)cc3)c3cccs3)cc(=O)oc2c1. The van der Waals surface area contributed by atoms with E-state index in [0.29, 0.717) is 12.1 Å². The van der Waals surface area contributed by atoms with Crippen LogP contribution in [0.15, 0.2) is 75.3 Å². The van der Waals surface area contributed by atoms with Gasteiger partial charge in [0.1, 0.15) is 18.2 Å². The van der Waals surface area contributed by atoms with E-state index in [2.05, 4.69) is 73.1 Å². The van der Waals surface area contributed by atoms with Crippen LogP contribution in [0.5, 0.6) is 0 Å². The predicted octanol–water partition coefficient (Wildman–Crippen LogP) is 4.58. The summed E-state index contributed by atoms with van der Waals surface area (Å²) in [6, 6.07) is 21.0. The van der Waals surface area contributed by atoms with Gasteiger partial charge in [0.2, 0.25) is 0 Å². The predicted molar refractivity (Wildman–Crippen MR) is 115 cm³/mol. The molecule has 0 aliphatic rings. The molecule has 0 aliphatic heterocycles. The van der Waals surface area contributed by atoms with Crippen LogP contribution in [-0.2, 0) is 13.0 Å². The van der Waals surface area contributed by atoms with Gasteiger partial charge in [-0.15, -0.1) is 11.3 Å². The van der Waals surface area contributed by atoms with Crippen molar-refractivity contribution in [2.24, 2.45) is 0 Å². The maximum Gasteiger partial charge on any atom is 0.336 e. The minimum Gasteiger partial charge on any atom is -0.423 e. The fourth-order valence-electron chi connectivity index (χ4n) is 3.57. The van der Waals surface area contributed by atoms with Crippen molar-refractivity contribution in [1.82, 2.24) is 0 Å². The highest BCUT2D eigenvalue weighted by atomic mass is 32.1. The van der Waals surface area contributed by atoms with Crippen molar-refractivity contribution in [2.75, 3.05) is 0 Å². The lowest BCUT2D eigenvalue weighted by Crippen LogP contribution is -2.83. The first-order valence-corrected chi connectivity index (χ1v) is 10.5. The molecule has 0 saturated heterocycles. The number of rotatable bonds is 6. The summed E-state index contributed by atoms with van der Waals surface area (Å²) in [7, 11) is 0. The van der Waals surface area contributed by atoms with Gasteiger partial charge in [-0.3, -0.25) is 0 Å². The third-order valence-corrected chi connectivity index (χ3v) is 6.12. The maximum atomic E-state index is 12.1. The molecule has 28 heavy (non-hydrogen) atoms. The molecule has 0 bridgehead atoms. The number of thiophene rings is 1. The summed E-state index contributed by atoms with van der Waals surface area (Å²) in [4.78, 5) is 13.4. The van der Waals surface area contributed by atoms with Gasteiger partial charge in [-0.05, 0) is 36.4 Å². The molecule has 4 aromatic rings. The molecule has 2 aromatic carbocycles. The zero-order valence-electron chi connectivity index (χ0n) is 16.1. The van der Waals surface area contributed by atoms with Gasteiger partial charge < -0.3 is 9.73 Å². The Bertz CT molecular complexity index is 1130. The summed E-state index contributed by atoms with van der Waals surface area (Å²) in [5.41, 5.74) is 5.11. The summed E-state index contributed by atoms with van der Waals surface area (Å²) in [5.74, 6) is 0. The lowest BCUT2D eigenvalue weighted by Gasteiger charge is -2.16. The van der Waals surface area contributed by atoms with E-state index >= 15 is 0 Å². The Morgan fingerprint density at radius 2 is 1.89 bits per heavy atom. The van der Waals surface area contributed by atoms with E-state index in [9.17, 15) is 4.79 Å². The van der Waals surface area contributed by atoms with Crippen LogP contribution in [0, 0.1) is 6.92 Å². The quantitative estimate of drug-likeness (QED) is 0.490. The van der Waals surface area contributed by atoms with Crippen LogP contribution < -0.4 is 10.9 Å². The van der Waals surface area contributed by atoms with Gasteiger partial charge in [-0.25, -0.2) is 4.79 Å². The zero-order valence-corrected chi connectivity index (χ0v) is 17.0. The van der Waals surface area contributed by atoms with Crippen LogP contribution >= 0.6 is 11.3 Å². The molecule has 4 heteroatoms. The van der Waals surface area contributed by atoms with E-state index in [1.165, 1.54) is 21.6 Å². The standard InChI is InChI=1S/C24H23NO2S/c1-3-17-8-11-20-19(14-23(26)27-21(20)13-17)15-25-24(22-5-4-12-28-22)18-9-6-16(2)7-10-18/h4-14,24-25H,3,15H2,1-2H3/p+1/t24-/m0/s1. The van der Waals surface area contributed by atoms with E-state index < -0.39 is 0 Å². The molecular formula is C24H24NO2S+. The molecule has 0 aliphatic carbocycles. The van der Waals surface area contributed by atoms with E-state index in [4.69, 9.17) is 4.42 Å². The summed E-state index contributed by atoms with van der Waals surface area (Å²) in [6.07, 6.45) is 0.921. The Hall–Kier alpha value is -2.69. The highest BCUT2D eigenvalue weighted by Crippen LogP contribution is 2.24. The Morgan fingerprint density at radius 3 is 2.61 bits per heavy atom. The molecule has 2 N–H and O–H groups in total. The molecule has 4 rings (SSSR count). The highest BCUT2D eigenvalue weighted by molar-refractivity contribution is 7.10. The van der Waals surface area contributed by atoms with Crippen LogP contribution in [0.3, 0.4) is 0 Å². The monoisotopic (exact) mass is 390 g/mol. The molecule has 0 saturated carbocycles. The van der Waals surface area contributed by atoms with Crippen molar-refractivity contribution in [1.29, 1.82) is 0 Å². The first-order chi connectivity index (χ1) is 13.6. The fraction of sp³-hybridized carbons (Fsp3) is 0.208. The van der Waals surface area contributed by atoms with E-state index in [-0.39, 0.29) is 11.7 Å². The average Bonchev–Trinajstić information content (AvgIpc) is 3.23. The summed E-state index contributed by atoms with van der Waals surface area (Å²) in [5, 5.41) is 5.43. The van der Waals surface area contributed by atoms with Gasteiger partial charge in [0.25, 0.3) is 0 Å². The topological polar surface area (TPSA) is 46.8 Å². The number of fused-ring (bicyclic) bond motifs is 1. The van der Waals surface area contributed by atoms with Gasteiger partial charge in [-0.2, -0.15) is 0 Å². The fourth-order valence-corrected chi connectivity index (χ4v) is 4.42. The van der Waals surface area contributed by atoms with Crippen molar-refractivity contribution in [3.8, 4) is 0 Å². The Morgan fingerprint density at radius 1 is 1.07 bits per heavy atom. The van der Waals surface area contributed by atoms with Crippen molar-refractivity contribution in [3.63, 3.8) is 0 Å². The summed E-state index contributed by atoms with van der Waals surface area (Å²) in [6.45, 7) is 4.92. The third-order valence-electron chi connectivity index (χ3n) is 5.16. The van der Waals surface area contributed by atoms with Gasteiger partial charge in [0, 0.05) is 22.6 Å². The summed E-state index contributed by atoms with van der Waals surface area (Å²) < 4.78 is 5.45. The number of aryl methyl sites for hydroxylation is 2. The molecule has 1 atom stereocenters. The van der Waals surface area contributed by atoms with Crippen LogP contribution in [-0.4, -0.2) is 0 Å². The molecule has 2 heterocycles. The Kier molecular flexibility index (Phi) is 5.42. The second-order valence-electron chi connectivity index (χ2n) is 7.12. The van der Waals surface area contributed by atoms with Gasteiger partial charge in [0.15, 0.2) is 0 Å². The molecule has 2 aromatic heterocycles. The summed E-state index contributed by atoms with van der Waals surface area (Å²) >= 11 is 1.77.